The third-order valence-electron chi connectivity index (χ3n) is 5.35. The number of hydrogen-bond acceptors (Lipinski definition) is 5. The highest BCUT2D eigenvalue weighted by molar-refractivity contribution is 7.15. The number of benzene rings is 3. The number of amides is 1. The minimum absolute atomic E-state index is 0.184. The molecule has 0 aliphatic carbocycles. The Kier molecular flexibility index (Phi) is 5.96. The number of para-hydroxylation sites is 1. The van der Waals surface area contributed by atoms with Crippen LogP contribution < -0.4 is 10.1 Å². The summed E-state index contributed by atoms with van der Waals surface area (Å²) in [6.07, 6.45) is 0.898. The zero-order chi connectivity index (χ0) is 21.8. The van der Waals surface area contributed by atoms with E-state index in [1.165, 1.54) is 10.4 Å². The van der Waals surface area contributed by atoms with Crippen molar-refractivity contribution in [1.82, 2.24) is 9.88 Å². The van der Waals surface area contributed by atoms with Crippen LogP contribution in [0.5, 0.6) is 11.5 Å². The Morgan fingerprint density at radius 2 is 1.72 bits per heavy atom. The third kappa shape index (κ3) is 4.88. The summed E-state index contributed by atoms with van der Waals surface area (Å²) in [7, 11) is 0. The van der Waals surface area contributed by atoms with Gasteiger partial charge in [-0.3, -0.25) is 15.0 Å². The lowest BCUT2D eigenvalue weighted by Gasteiger charge is -2.25. The van der Waals surface area contributed by atoms with Gasteiger partial charge in [0, 0.05) is 36.5 Å². The van der Waals surface area contributed by atoms with Crippen LogP contribution in [0, 0.1) is 0 Å². The molecule has 3 aromatic carbocycles. The predicted molar refractivity (Wildman–Crippen MR) is 127 cm³/mol. The molecule has 0 spiro atoms. The van der Waals surface area contributed by atoms with Crippen LogP contribution in [0.15, 0.2) is 84.9 Å². The van der Waals surface area contributed by atoms with Gasteiger partial charge in [-0.1, -0.05) is 54.6 Å². The highest BCUT2D eigenvalue weighted by Crippen LogP contribution is 2.30. The zero-order valence-electron chi connectivity index (χ0n) is 17.5. The van der Waals surface area contributed by atoms with Gasteiger partial charge in [0.2, 0.25) is 0 Å². The molecule has 5 nitrogen and oxygen atoms in total. The first-order chi connectivity index (χ1) is 15.7. The van der Waals surface area contributed by atoms with Crippen LogP contribution in [0.25, 0.3) is 0 Å². The van der Waals surface area contributed by atoms with Gasteiger partial charge in [-0.2, -0.15) is 0 Å². The molecule has 1 amide bonds. The fraction of sp³-hybridized carbons (Fsp3) is 0.154. The van der Waals surface area contributed by atoms with E-state index in [4.69, 9.17) is 4.74 Å². The van der Waals surface area contributed by atoms with E-state index in [1.54, 1.807) is 23.5 Å². The standard InChI is InChI=1S/C26H23N3O2S/c30-25(20-10-7-13-22(16-20)31-21-11-5-2-6-12-21)28-26-27-23-14-15-29(18-24(23)32-26)17-19-8-3-1-4-9-19/h1-13,16H,14-15,17-18H2,(H,27,28,30). The lowest BCUT2D eigenvalue weighted by Crippen LogP contribution is -2.29. The van der Waals surface area contributed by atoms with Crippen molar-refractivity contribution in [3.63, 3.8) is 0 Å². The topological polar surface area (TPSA) is 54.5 Å². The van der Waals surface area contributed by atoms with E-state index >= 15 is 0 Å². The van der Waals surface area contributed by atoms with Crippen LogP contribution in [0.4, 0.5) is 5.13 Å². The van der Waals surface area contributed by atoms with Crippen molar-refractivity contribution in [3.05, 3.63) is 107 Å². The number of rotatable bonds is 6. The Balaban J connectivity index is 1.24. The molecule has 2 heterocycles. The quantitative estimate of drug-likeness (QED) is 0.414. The van der Waals surface area contributed by atoms with Gasteiger partial charge in [0.1, 0.15) is 11.5 Å². The van der Waals surface area contributed by atoms with Crippen molar-refractivity contribution in [2.75, 3.05) is 11.9 Å². The smallest absolute Gasteiger partial charge is 0.257 e. The maximum Gasteiger partial charge on any atom is 0.257 e. The summed E-state index contributed by atoms with van der Waals surface area (Å²) >= 11 is 1.56. The third-order valence-corrected chi connectivity index (χ3v) is 6.35. The lowest BCUT2D eigenvalue weighted by molar-refractivity contribution is 0.102. The first kappa shape index (κ1) is 20.4. The molecule has 0 atom stereocenters. The van der Waals surface area contributed by atoms with Gasteiger partial charge in [-0.05, 0) is 35.9 Å². The highest BCUT2D eigenvalue weighted by atomic mass is 32.1. The average molecular weight is 442 g/mol. The molecule has 6 heteroatoms. The summed E-state index contributed by atoms with van der Waals surface area (Å²) in [5.41, 5.74) is 2.94. The summed E-state index contributed by atoms with van der Waals surface area (Å²) in [6, 6.07) is 27.2. The number of ether oxygens (including phenoxy) is 1. The molecule has 1 aliphatic rings. The monoisotopic (exact) mass is 441 g/mol. The SMILES string of the molecule is O=C(Nc1nc2c(s1)CN(Cc1ccccc1)CC2)c1cccc(Oc2ccccc2)c1. The summed E-state index contributed by atoms with van der Waals surface area (Å²) in [4.78, 5) is 21.2. The van der Waals surface area contributed by atoms with Crippen molar-refractivity contribution in [2.45, 2.75) is 19.5 Å². The van der Waals surface area contributed by atoms with Crippen molar-refractivity contribution >= 4 is 22.4 Å². The van der Waals surface area contributed by atoms with E-state index in [0.717, 1.165) is 37.5 Å². The first-order valence-electron chi connectivity index (χ1n) is 10.6. The van der Waals surface area contributed by atoms with Gasteiger partial charge in [0.25, 0.3) is 5.91 Å². The van der Waals surface area contributed by atoms with E-state index < -0.39 is 0 Å². The maximum atomic E-state index is 12.8. The van der Waals surface area contributed by atoms with E-state index in [2.05, 4.69) is 39.5 Å². The van der Waals surface area contributed by atoms with Crippen LogP contribution in [0.2, 0.25) is 0 Å². The van der Waals surface area contributed by atoms with Gasteiger partial charge in [-0.15, -0.1) is 11.3 Å². The van der Waals surface area contributed by atoms with Crippen molar-refractivity contribution in [3.8, 4) is 11.5 Å². The normalized spacial score (nSPS) is 13.4. The Labute approximate surface area is 191 Å². The molecule has 0 bridgehead atoms. The van der Waals surface area contributed by atoms with E-state index in [-0.39, 0.29) is 5.91 Å². The van der Waals surface area contributed by atoms with Crippen LogP contribution in [0.3, 0.4) is 0 Å². The van der Waals surface area contributed by atoms with Gasteiger partial charge in [0.05, 0.1) is 5.69 Å². The Hall–Kier alpha value is -3.48. The minimum Gasteiger partial charge on any atom is -0.457 e. The molecule has 1 N–H and O–H groups in total. The van der Waals surface area contributed by atoms with E-state index in [9.17, 15) is 4.79 Å². The van der Waals surface area contributed by atoms with Gasteiger partial charge >= 0.3 is 0 Å². The second-order valence-corrected chi connectivity index (χ2v) is 8.82. The van der Waals surface area contributed by atoms with Gasteiger partial charge < -0.3 is 4.74 Å². The number of nitrogens with one attached hydrogen (secondary N) is 1. The predicted octanol–water partition coefficient (Wildman–Crippen LogP) is 5.75. The molecule has 5 rings (SSSR count). The molecule has 0 saturated heterocycles. The Morgan fingerprint density at radius 3 is 2.53 bits per heavy atom. The lowest BCUT2D eigenvalue weighted by atomic mass is 10.1. The summed E-state index contributed by atoms with van der Waals surface area (Å²) < 4.78 is 5.85. The molecule has 0 fully saturated rings. The summed E-state index contributed by atoms with van der Waals surface area (Å²) in [5, 5.41) is 3.61. The van der Waals surface area contributed by atoms with Crippen LogP contribution in [-0.4, -0.2) is 22.3 Å². The minimum atomic E-state index is -0.184. The van der Waals surface area contributed by atoms with E-state index in [0.29, 0.717) is 16.4 Å². The molecule has 0 unspecified atom stereocenters. The molecular formula is C26H23N3O2S. The average Bonchev–Trinajstić information content (AvgIpc) is 3.22. The number of thiazole rings is 1. The fourth-order valence-corrected chi connectivity index (χ4v) is 4.82. The molecule has 0 saturated carbocycles. The van der Waals surface area contributed by atoms with Crippen molar-refractivity contribution in [1.29, 1.82) is 0 Å². The molecule has 1 aliphatic heterocycles. The highest BCUT2D eigenvalue weighted by Gasteiger charge is 2.21. The Bertz CT molecular complexity index is 1210. The van der Waals surface area contributed by atoms with Crippen molar-refractivity contribution < 1.29 is 9.53 Å². The van der Waals surface area contributed by atoms with Crippen molar-refractivity contribution in [2.24, 2.45) is 0 Å². The number of anilines is 1. The molecular weight excluding hydrogens is 418 g/mol. The molecule has 1 aromatic heterocycles. The number of hydrogen-bond donors (Lipinski definition) is 1. The van der Waals surface area contributed by atoms with Crippen LogP contribution in [-0.2, 0) is 19.5 Å². The second-order valence-electron chi connectivity index (χ2n) is 7.73. The Morgan fingerprint density at radius 1 is 0.969 bits per heavy atom. The van der Waals surface area contributed by atoms with Gasteiger partial charge in [0.15, 0.2) is 5.13 Å². The number of carbonyl (C=O) groups excluding carboxylic acids is 1. The number of aromatic nitrogens is 1. The fourth-order valence-electron chi connectivity index (χ4n) is 3.77. The maximum absolute atomic E-state index is 12.8. The number of nitrogens with zero attached hydrogens (tertiary/aromatic N) is 2. The first-order valence-corrected chi connectivity index (χ1v) is 11.4. The molecule has 0 radical (unpaired) electrons. The van der Waals surface area contributed by atoms with Gasteiger partial charge in [-0.25, -0.2) is 4.98 Å². The second kappa shape index (κ2) is 9.34. The zero-order valence-corrected chi connectivity index (χ0v) is 18.3. The summed E-state index contributed by atoms with van der Waals surface area (Å²) in [6.45, 7) is 2.75. The van der Waals surface area contributed by atoms with Crippen LogP contribution >= 0.6 is 11.3 Å². The molecule has 160 valence electrons. The van der Waals surface area contributed by atoms with E-state index in [1.807, 2.05) is 48.5 Å². The molecule has 4 aromatic rings. The number of fused-ring (bicyclic) bond motifs is 1. The largest absolute Gasteiger partial charge is 0.457 e. The summed E-state index contributed by atoms with van der Waals surface area (Å²) in [5.74, 6) is 1.17. The number of carbonyl (C=O) groups is 1. The van der Waals surface area contributed by atoms with Crippen LogP contribution in [0.1, 0.15) is 26.5 Å². The molecule has 32 heavy (non-hydrogen) atoms.